The third-order valence-corrected chi connectivity index (χ3v) is 4.59. The molecule has 0 aliphatic heterocycles. The van der Waals surface area contributed by atoms with Crippen LogP contribution in [0.15, 0.2) is 53.4 Å². The third-order valence-electron chi connectivity index (χ3n) is 2.84. The average molecular weight is 283 g/mol. The van der Waals surface area contributed by atoms with E-state index in [-0.39, 0.29) is 0 Å². The highest BCUT2D eigenvalue weighted by Crippen LogP contribution is 2.23. The average Bonchev–Trinajstić information content (AvgIpc) is 2.88. The maximum atomic E-state index is 4.59. The summed E-state index contributed by atoms with van der Waals surface area (Å²) < 4.78 is 1.24. The van der Waals surface area contributed by atoms with Crippen LogP contribution in [-0.2, 0) is 0 Å². The van der Waals surface area contributed by atoms with Gasteiger partial charge >= 0.3 is 0 Å². The molecule has 3 aromatic rings. The fourth-order valence-corrected chi connectivity index (χ4v) is 3.12. The third kappa shape index (κ3) is 2.88. The van der Waals surface area contributed by atoms with Crippen molar-refractivity contribution in [2.24, 2.45) is 0 Å². The predicted octanol–water partition coefficient (Wildman–Crippen LogP) is 5.19. The van der Waals surface area contributed by atoms with Crippen LogP contribution in [0.4, 0.5) is 0 Å². The molecule has 0 spiro atoms. The summed E-state index contributed by atoms with van der Waals surface area (Å²) in [5.74, 6) is 0. The van der Waals surface area contributed by atoms with Crippen molar-refractivity contribution in [3.63, 3.8) is 0 Å². The molecule has 94 valence electrons. The monoisotopic (exact) mass is 283 g/mol. The van der Waals surface area contributed by atoms with E-state index in [9.17, 15) is 0 Å². The molecular weight excluding hydrogens is 270 g/mol. The minimum absolute atomic E-state index is 1.05. The van der Waals surface area contributed by atoms with Gasteiger partial charge < -0.3 is 0 Å². The second-order valence-corrected chi connectivity index (χ2v) is 6.07. The van der Waals surface area contributed by atoms with E-state index in [0.717, 1.165) is 10.5 Å². The summed E-state index contributed by atoms with van der Waals surface area (Å²) in [5.41, 5.74) is 2.28. The number of fused-ring (bicyclic) bond motifs is 1. The summed E-state index contributed by atoms with van der Waals surface area (Å²) in [7, 11) is 0. The molecule has 0 saturated carbocycles. The number of para-hydroxylation sites is 1. The van der Waals surface area contributed by atoms with Crippen LogP contribution in [-0.4, -0.2) is 11.2 Å². The van der Waals surface area contributed by atoms with E-state index in [1.807, 2.05) is 6.07 Å². The molecule has 0 radical (unpaired) electrons. The highest BCUT2D eigenvalue weighted by molar-refractivity contribution is 7.98. The van der Waals surface area contributed by atoms with Gasteiger partial charge in [0, 0.05) is 4.90 Å². The molecule has 0 N–H and O–H groups in total. The van der Waals surface area contributed by atoms with E-state index in [2.05, 4.69) is 65.9 Å². The Morgan fingerprint density at radius 1 is 1.00 bits per heavy atom. The van der Waals surface area contributed by atoms with Gasteiger partial charge in [-0.3, -0.25) is 0 Å². The van der Waals surface area contributed by atoms with Gasteiger partial charge in [0.25, 0.3) is 0 Å². The van der Waals surface area contributed by atoms with Gasteiger partial charge in [0.15, 0.2) is 0 Å². The van der Waals surface area contributed by atoms with Crippen LogP contribution in [0, 0.1) is 0 Å². The zero-order chi connectivity index (χ0) is 13.1. The van der Waals surface area contributed by atoms with Crippen molar-refractivity contribution < 1.29 is 0 Å². The first-order valence-electron chi connectivity index (χ1n) is 6.03. The number of hydrogen-bond acceptors (Lipinski definition) is 3. The van der Waals surface area contributed by atoms with E-state index < -0.39 is 0 Å². The van der Waals surface area contributed by atoms with E-state index >= 15 is 0 Å². The first-order valence-corrected chi connectivity index (χ1v) is 8.07. The number of aromatic nitrogens is 1. The van der Waals surface area contributed by atoms with Crippen molar-refractivity contribution >= 4 is 45.5 Å². The Balaban J connectivity index is 1.84. The van der Waals surface area contributed by atoms with E-state index in [0.29, 0.717) is 0 Å². The second-order valence-electron chi connectivity index (χ2n) is 4.13. The Bertz CT molecular complexity index is 678. The normalized spacial score (nSPS) is 11.4. The molecule has 3 rings (SSSR count). The second kappa shape index (κ2) is 5.59. The van der Waals surface area contributed by atoms with Crippen LogP contribution in [0.2, 0.25) is 0 Å². The molecular formula is C16H13NS2. The van der Waals surface area contributed by atoms with E-state index in [1.165, 1.54) is 15.2 Å². The zero-order valence-corrected chi connectivity index (χ0v) is 12.2. The number of thiazole rings is 1. The van der Waals surface area contributed by atoms with Gasteiger partial charge in [-0.25, -0.2) is 4.98 Å². The maximum absolute atomic E-state index is 4.59. The lowest BCUT2D eigenvalue weighted by atomic mass is 10.2. The Kier molecular flexibility index (Phi) is 3.67. The zero-order valence-electron chi connectivity index (χ0n) is 10.5. The standard InChI is InChI=1S/C16H13NS2/c1-18-13-9-6-12(7-10-13)8-11-16-17-14-4-2-3-5-15(14)19-16/h2-11H,1H3. The van der Waals surface area contributed by atoms with Crippen molar-refractivity contribution in [2.45, 2.75) is 4.90 Å². The first-order chi connectivity index (χ1) is 9.35. The molecule has 0 bridgehead atoms. The Morgan fingerprint density at radius 2 is 1.79 bits per heavy atom. The molecule has 19 heavy (non-hydrogen) atoms. The van der Waals surface area contributed by atoms with Crippen molar-refractivity contribution in [3.05, 3.63) is 59.1 Å². The molecule has 0 saturated heterocycles. The molecule has 0 amide bonds. The van der Waals surface area contributed by atoms with Crippen LogP contribution in [0.5, 0.6) is 0 Å². The summed E-state index contributed by atoms with van der Waals surface area (Å²) in [6, 6.07) is 16.8. The van der Waals surface area contributed by atoms with E-state index in [4.69, 9.17) is 0 Å². The summed E-state index contributed by atoms with van der Waals surface area (Å²) in [4.78, 5) is 5.88. The number of nitrogens with zero attached hydrogens (tertiary/aromatic N) is 1. The quantitative estimate of drug-likeness (QED) is 0.614. The maximum Gasteiger partial charge on any atom is 0.117 e. The lowest BCUT2D eigenvalue weighted by molar-refractivity contribution is 1.45. The summed E-state index contributed by atoms with van der Waals surface area (Å²) in [6.45, 7) is 0. The Morgan fingerprint density at radius 3 is 2.53 bits per heavy atom. The number of rotatable bonds is 3. The van der Waals surface area contributed by atoms with Crippen LogP contribution >= 0.6 is 23.1 Å². The lowest BCUT2D eigenvalue weighted by Gasteiger charge is -1.96. The predicted molar refractivity (Wildman–Crippen MR) is 86.8 cm³/mol. The van der Waals surface area contributed by atoms with Crippen LogP contribution in [0.25, 0.3) is 22.4 Å². The molecule has 0 atom stereocenters. The fraction of sp³-hybridized carbons (Fsp3) is 0.0625. The lowest BCUT2D eigenvalue weighted by Crippen LogP contribution is -1.73. The molecule has 1 heterocycles. The van der Waals surface area contributed by atoms with Crippen molar-refractivity contribution in [1.82, 2.24) is 4.98 Å². The Labute approximate surface area is 121 Å². The molecule has 2 aromatic carbocycles. The molecule has 3 heteroatoms. The van der Waals surface area contributed by atoms with Crippen molar-refractivity contribution in [3.8, 4) is 0 Å². The van der Waals surface area contributed by atoms with Gasteiger partial charge in [-0.05, 0) is 42.2 Å². The number of hydrogen-bond donors (Lipinski definition) is 0. The highest BCUT2D eigenvalue weighted by Gasteiger charge is 1.99. The molecule has 1 nitrogen and oxygen atoms in total. The molecule has 1 aromatic heterocycles. The van der Waals surface area contributed by atoms with Gasteiger partial charge in [0.2, 0.25) is 0 Å². The van der Waals surface area contributed by atoms with Crippen molar-refractivity contribution in [2.75, 3.05) is 6.26 Å². The topological polar surface area (TPSA) is 12.9 Å². The van der Waals surface area contributed by atoms with Gasteiger partial charge in [0.1, 0.15) is 5.01 Å². The molecule has 0 aliphatic carbocycles. The first kappa shape index (κ1) is 12.5. The van der Waals surface area contributed by atoms with Gasteiger partial charge in [-0.1, -0.05) is 30.3 Å². The fourth-order valence-electron chi connectivity index (χ4n) is 1.84. The van der Waals surface area contributed by atoms with E-state index in [1.54, 1.807) is 23.1 Å². The van der Waals surface area contributed by atoms with Crippen LogP contribution in [0.1, 0.15) is 10.6 Å². The van der Waals surface area contributed by atoms with Gasteiger partial charge in [-0.15, -0.1) is 23.1 Å². The number of thioether (sulfide) groups is 1. The SMILES string of the molecule is CSc1ccc(C=Cc2nc3ccccc3s2)cc1. The summed E-state index contributed by atoms with van der Waals surface area (Å²) in [6.07, 6.45) is 6.28. The summed E-state index contributed by atoms with van der Waals surface area (Å²) in [5, 5.41) is 1.05. The molecule has 0 unspecified atom stereocenters. The number of benzene rings is 2. The summed E-state index contributed by atoms with van der Waals surface area (Å²) >= 11 is 3.48. The van der Waals surface area contributed by atoms with Gasteiger partial charge in [0.05, 0.1) is 10.2 Å². The molecule has 0 aliphatic rings. The van der Waals surface area contributed by atoms with Gasteiger partial charge in [-0.2, -0.15) is 0 Å². The minimum Gasteiger partial charge on any atom is -0.237 e. The van der Waals surface area contributed by atoms with Crippen LogP contribution in [0.3, 0.4) is 0 Å². The minimum atomic E-state index is 1.05. The smallest absolute Gasteiger partial charge is 0.117 e. The Hall–Kier alpha value is -1.58. The highest BCUT2D eigenvalue weighted by atomic mass is 32.2. The van der Waals surface area contributed by atoms with Crippen LogP contribution < -0.4 is 0 Å². The molecule has 0 fully saturated rings. The van der Waals surface area contributed by atoms with Crippen molar-refractivity contribution in [1.29, 1.82) is 0 Å². The largest absolute Gasteiger partial charge is 0.237 e.